The van der Waals surface area contributed by atoms with Crippen molar-refractivity contribution in [3.05, 3.63) is 59.2 Å². The summed E-state index contributed by atoms with van der Waals surface area (Å²) in [5.41, 5.74) is 3.63. The van der Waals surface area contributed by atoms with Gasteiger partial charge in [-0.25, -0.2) is 0 Å². The smallest absolute Gasteiger partial charge is 0.371 e. The van der Waals surface area contributed by atoms with Gasteiger partial charge in [-0.1, -0.05) is 44.9 Å². The van der Waals surface area contributed by atoms with E-state index >= 15 is 0 Å². The van der Waals surface area contributed by atoms with E-state index in [0.717, 1.165) is 63.7 Å². The van der Waals surface area contributed by atoms with Crippen molar-refractivity contribution in [3.63, 3.8) is 0 Å². The number of nitrogens with zero attached hydrogens (tertiary/aromatic N) is 2. The third kappa shape index (κ3) is 6.29. The topological polar surface area (TPSA) is 18.5 Å². The standard InChI is InChI=1S/C28H36F3N3S/c1-3-15-33-16-7-9-22-17-21(13-14-26(22)33)19-34(25-12-5-4-8-20(25)2)27(35)32-24-11-6-10-23(18-24)28(29,30)31/h6,10-11,13-14,17-18,20,25H,3-5,7-9,12,15-16,19H2,1-2H3,(H,32,35)/t20-,25+/m1/s1. The highest BCUT2D eigenvalue weighted by Gasteiger charge is 2.32. The maximum atomic E-state index is 13.2. The monoisotopic (exact) mass is 503 g/mol. The zero-order chi connectivity index (χ0) is 25.0. The molecule has 35 heavy (non-hydrogen) atoms. The van der Waals surface area contributed by atoms with Crippen molar-refractivity contribution < 1.29 is 13.2 Å². The van der Waals surface area contributed by atoms with Gasteiger partial charge >= 0.3 is 6.18 Å². The van der Waals surface area contributed by atoms with E-state index in [1.807, 2.05) is 0 Å². The Morgan fingerprint density at radius 3 is 2.66 bits per heavy atom. The van der Waals surface area contributed by atoms with Crippen LogP contribution < -0.4 is 10.2 Å². The number of rotatable bonds is 6. The molecule has 7 heteroatoms. The average Bonchev–Trinajstić information content (AvgIpc) is 2.83. The van der Waals surface area contributed by atoms with Crippen LogP contribution in [0, 0.1) is 5.92 Å². The molecule has 2 aromatic carbocycles. The summed E-state index contributed by atoms with van der Waals surface area (Å²) in [7, 11) is 0. The summed E-state index contributed by atoms with van der Waals surface area (Å²) < 4.78 is 39.7. The molecule has 1 heterocycles. The molecule has 0 unspecified atom stereocenters. The molecule has 0 radical (unpaired) electrons. The van der Waals surface area contributed by atoms with Gasteiger partial charge in [-0.2, -0.15) is 13.2 Å². The second kappa shape index (κ2) is 11.2. The van der Waals surface area contributed by atoms with Crippen molar-refractivity contribution in [1.82, 2.24) is 4.90 Å². The molecule has 0 aromatic heterocycles. The van der Waals surface area contributed by atoms with Crippen molar-refractivity contribution in [2.24, 2.45) is 5.92 Å². The molecule has 2 atom stereocenters. The zero-order valence-corrected chi connectivity index (χ0v) is 21.5. The molecule has 2 aromatic rings. The van der Waals surface area contributed by atoms with Crippen LogP contribution in [0.2, 0.25) is 0 Å². The fourth-order valence-corrected chi connectivity index (χ4v) is 5.91. The first-order chi connectivity index (χ1) is 16.8. The SMILES string of the molecule is CCCN1CCCc2cc(CN(C(=S)Nc3cccc(C(F)(F)F)c3)[C@H]3CCCC[C@H]3C)ccc21. The van der Waals surface area contributed by atoms with Crippen molar-refractivity contribution in [1.29, 1.82) is 0 Å². The number of alkyl halides is 3. The predicted molar refractivity (Wildman–Crippen MR) is 142 cm³/mol. The van der Waals surface area contributed by atoms with E-state index in [1.54, 1.807) is 6.07 Å². The molecule has 3 nitrogen and oxygen atoms in total. The lowest BCUT2D eigenvalue weighted by Crippen LogP contribution is -2.46. The van der Waals surface area contributed by atoms with Crippen LogP contribution in [0.4, 0.5) is 24.5 Å². The van der Waals surface area contributed by atoms with E-state index in [9.17, 15) is 13.2 Å². The number of halogens is 3. The molecular formula is C28H36F3N3S. The summed E-state index contributed by atoms with van der Waals surface area (Å²) in [5.74, 6) is 0.475. The first kappa shape index (κ1) is 25.8. The molecule has 1 N–H and O–H groups in total. The van der Waals surface area contributed by atoms with Crippen LogP contribution in [-0.4, -0.2) is 29.1 Å². The van der Waals surface area contributed by atoms with Crippen LogP contribution in [0.5, 0.6) is 0 Å². The molecule has 0 spiro atoms. The van der Waals surface area contributed by atoms with Crippen LogP contribution in [0.3, 0.4) is 0 Å². The Hall–Kier alpha value is -2.28. The highest BCUT2D eigenvalue weighted by Crippen LogP contribution is 2.33. The van der Waals surface area contributed by atoms with Gasteiger partial charge < -0.3 is 15.1 Å². The number of thiocarbonyl (C=S) groups is 1. The van der Waals surface area contributed by atoms with Gasteiger partial charge in [-0.05, 0) is 85.6 Å². The van der Waals surface area contributed by atoms with Gasteiger partial charge in [0.1, 0.15) is 0 Å². The largest absolute Gasteiger partial charge is 0.416 e. The van der Waals surface area contributed by atoms with Gasteiger partial charge in [0.05, 0.1) is 5.56 Å². The lowest BCUT2D eigenvalue weighted by atomic mass is 9.84. The molecule has 1 aliphatic carbocycles. The minimum absolute atomic E-state index is 0.266. The number of hydrogen-bond donors (Lipinski definition) is 1. The van der Waals surface area contributed by atoms with Crippen molar-refractivity contribution in [3.8, 4) is 0 Å². The van der Waals surface area contributed by atoms with E-state index in [-0.39, 0.29) is 6.04 Å². The van der Waals surface area contributed by atoms with Crippen molar-refractivity contribution in [2.75, 3.05) is 23.3 Å². The van der Waals surface area contributed by atoms with Gasteiger partial charge in [0.25, 0.3) is 0 Å². The van der Waals surface area contributed by atoms with E-state index in [4.69, 9.17) is 12.2 Å². The molecule has 0 bridgehead atoms. The van der Waals surface area contributed by atoms with E-state index in [0.29, 0.717) is 23.3 Å². The normalized spacial score (nSPS) is 20.3. The Morgan fingerprint density at radius 2 is 1.91 bits per heavy atom. The highest BCUT2D eigenvalue weighted by atomic mass is 32.1. The Labute approximate surface area is 212 Å². The second-order valence-corrected chi connectivity index (χ2v) is 10.4. The summed E-state index contributed by atoms with van der Waals surface area (Å²) in [6.07, 6.45) is 3.53. The third-order valence-electron chi connectivity index (χ3n) is 7.37. The van der Waals surface area contributed by atoms with Crippen molar-refractivity contribution >= 4 is 28.7 Å². The fraction of sp³-hybridized carbons (Fsp3) is 0.536. The summed E-state index contributed by atoms with van der Waals surface area (Å²) in [4.78, 5) is 4.69. The number of anilines is 2. The van der Waals surface area contributed by atoms with Crippen LogP contribution in [-0.2, 0) is 19.1 Å². The average molecular weight is 504 g/mol. The molecule has 2 aliphatic rings. The molecule has 4 rings (SSSR count). The minimum Gasteiger partial charge on any atom is -0.371 e. The number of benzene rings is 2. The maximum absolute atomic E-state index is 13.2. The summed E-state index contributed by atoms with van der Waals surface area (Å²) in [5, 5.41) is 3.62. The molecular weight excluding hydrogens is 467 g/mol. The lowest BCUT2D eigenvalue weighted by molar-refractivity contribution is -0.137. The van der Waals surface area contributed by atoms with E-state index in [1.165, 1.54) is 29.3 Å². The van der Waals surface area contributed by atoms with Crippen molar-refractivity contribution in [2.45, 2.75) is 77.6 Å². The Bertz CT molecular complexity index is 1020. The zero-order valence-electron chi connectivity index (χ0n) is 20.7. The Morgan fingerprint density at radius 1 is 1.11 bits per heavy atom. The Kier molecular flexibility index (Phi) is 8.25. The Balaban J connectivity index is 1.57. The maximum Gasteiger partial charge on any atom is 0.416 e. The minimum atomic E-state index is -4.38. The molecule has 1 fully saturated rings. The van der Waals surface area contributed by atoms with Gasteiger partial charge in [0.15, 0.2) is 5.11 Å². The van der Waals surface area contributed by atoms with E-state index in [2.05, 4.69) is 47.2 Å². The van der Waals surface area contributed by atoms with Crippen LogP contribution in [0.25, 0.3) is 0 Å². The molecule has 1 aliphatic heterocycles. The number of fused-ring (bicyclic) bond motifs is 1. The highest BCUT2D eigenvalue weighted by molar-refractivity contribution is 7.80. The molecule has 1 saturated carbocycles. The van der Waals surface area contributed by atoms with Crippen LogP contribution in [0.15, 0.2) is 42.5 Å². The second-order valence-electron chi connectivity index (χ2n) is 10.0. The van der Waals surface area contributed by atoms with E-state index < -0.39 is 11.7 Å². The number of aryl methyl sites for hydroxylation is 1. The summed E-state index contributed by atoms with van der Waals surface area (Å²) in [6, 6.07) is 12.3. The summed E-state index contributed by atoms with van der Waals surface area (Å²) in [6.45, 7) is 7.31. The van der Waals surface area contributed by atoms with Crippen LogP contribution >= 0.6 is 12.2 Å². The molecule has 0 saturated heterocycles. The van der Waals surface area contributed by atoms with Gasteiger partial charge in [-0.15, -0.1) is 0 Å². The number of nitrogens with one attached hydrogen (secondary N) is 1. The fourth-order valence-electron chi connectivity index (χ4n) is 5.59. The molecule has 190 valence electrons. The predicted octanol–water partition coefficient (Wildman–Crippen LogP) is 7.65. The lowest BCUT2D eigenvalue weighted by Gasteiger charge is -2.40. The van der Waals surface area contributed by atoms with Gasteiger partial charge in [0.2, 0.25) is 0 Å². The quantitative estimate of drug-likeness (QED) is 0.408. The molecule has 0 amide bonds. The first-order valence-electron chi connectivity index (χ1n) is 12.9. The summed E-state index contributed by atoms with van der Waals surface area (Å²) >= 11 is 5.83. The van der Waals surface area contributed by atoms with Gasteiger partial charge in [0, 0.05) is 37.1 Å². The third-order valence-corrected chi connectivity index (χ3v) is 7.71. The van der Waals surface area contributed by atoms with Gasteiger partial charge in [-0.3, -0.25) is 0 Å². The van der Waals surface area contributed by atoms with Crippen LogP contribution in [0.1, 0.15) is 69.1 Å². The number of hydrogen-bond acceptors (Lipinski definition) is 2. The first-order valence-corrected chi connectivity index (χ1v) is 13.3.